The van der Waals surface area contributed by atoms with Crippen molar-refractivity contribution >= 4 is 13.3 Å². The van der Waals surface area contributed by atoms with Gasteiger partial charge in [-0.2, -0.15) is 4.89 Å². The normalized spacial score (nSPS) is 10.8. The van der Waals surface area contributed by atoms with E-state index in [2.05, 4.69) is 0 Å². The first-order chi connectivity index (χ1) is 6.19. The van der Waals surface area contributed by atoms with Gasteiger partial charge in [-0.15, -0.1) is 0 Å². The van der Waals surface area contributed by atoms with Gasteiger partial charge < -0.3 is 9.47 Å². The molecule has 0 heterocycles. The zero-order chi connectivity index (χ0) is 9.84. The molecule has 1 atom stereocenters. The van der Waals surface area contributed by atoms with E-state index in [0.29, 0.717) is 11.5 Å². The van der Waals surface area contributed by atoms with Crippen LogP contribution in [0.4, 0.5) is 0 Å². The molecule has 0 aliphatic rings. The van der Waals surface area contributed by atoms with Crippen LogP contribution in [0, 0.1) is 0 Å². The zero-order valence-electron chi connectivity index (χ0n) is 7.35. The second-order valence-electron chi connectivity index (χ2n) is 2.31. The summed E-state index contributed by atoms with van der Waals surface area (Å²) < 4.78 is 20.7. The van der Waals surface area contributed by atoms with E-state index in [1.807, 2.05) is 0 Å². The van der Waals surface area contributed by atoms with Crippen molar-refractivity contribution < 1.29 is 18.9 Å². The van der Waals surface area contributed by atoms with Crippen LogP contribution >= 0.6 is 8.03 Å². The van der Waals surface area contributed by atoms with E-state index in [0.717, 1.165) is 0 Å². The Balaban J connectivity index is 3.18. The van der Waals surface area contributed by atoms with Crippen LogP contribution in [-0.2, 0) is 4.57 Å². The first-order valence-electron chi connectivity index (χ1n) is 3.57. The topological polar surface area (TPSA) is 55.8 Å². The maximum Gasteiger partial charge on any atom is 0.550 e. The van der Waals surface area contributed by atoms with Crippen LogP contribution in [0.15, 0.2) is 18.2 Å². The summed E-state index contributed by atoms with van der Waals surface area (Å²) in [5, 5.41) is 0.247. The fraction of sp³-hybridized carbons (Fsp3) is 0.250. The highest BCUT2D eigenvalue weighted by Crippen LogP contribution is 2.25. The maximum atomic E-state index is 10.9. The summed E-state index contributed by atoms with van der Waals surface area (Å²) in [6.45, 7) is 0. The SMILES string of the molecule is COc1ccc(OC)c([P+](=O)O)c1. The summed E-state index contributed by atoms with van der Waals surface area (Å²) in [7, 11) is 0.545. The molecule has 0 saturated heterocycles. The van der Waals surface area contributed by atoms with Crippen LogP contribution < -0.4 is 14.8 Å². The number of rotatable bonds is 3. The van der Waals surface area contributed by atoms with Crippen LogP contribution in [-0.4, -0.2) is 19.1 Å². The fourth-order valence-electron chi connectivity index (χ4n) is 0.946. The van der Waals surface area contributed by atoms with Crippen LogP contribution in [0.25, 0.3) is 0 Å². The predicted octanol–water partition coefficient (Wildman–Crippen LogP) is 1.06. The van der Waals surface area contributed by atoms with Crippen LogP contribution in [0.1, 0.15) is 0 Å². The van der Waals surface area contributed by atoms with E-state index in [1.165, 1.54) is 20.3 Å². The molecule has 0 amide bonds. The molecule has 70 valence electrons. The third-order valence-electron chi connectivity index (χ3n) is 1.59. The molecule has 0 bridgehead atoms. The highest BCUT2D eigenvalue weighted by atomic mass is 31.1. The highest BCUT2D eigenvalue weighted by molar-refractivity contribution is 7.47. The van der Waals surface area contributed by atoms with Crippen LogP contribution in [0.3, 0.4) is 0 Å². The minimum absolute atomic E-state index is 0.247. The van der Waals surface area contributed by atoms with E-state index in [9.17, 15) is 4.57 Å². The number of hydrogen-bond donors (Lipinski definition) is 1. The summed E-state index contributed by atoms with van der Waals surface area (Å²) in [6, 6.07) is 4.75. The van der Waals surface area contributed by atoms with Gasteiger partial charge in [0.2, 0.25) is 0 Å². The number of hydrogen-bond acceptors (Lipinski definition) is 3. The first kappa shape index (κ1) is 9.96. The Morgan fingerprint density at radius 1 is 1.31 bits per heavy atom. The molecular weight excluding hydrogens is 191 g/mol. The number of ether oxygens (including phenoxy) is 2. The van der Waals surface area contributed by atoms with Crippen molar-refractivity contribution in [3.05, 3.63) is 18.2 Å². The Labute approximate surface area is 77.0 Å². The monoisotopic (exact) mass is 201 g/mol. The van der Waals surface area contributed by atoms with E-state index in [-0.39, 0.29) is 5.30 Å². The Hall–Kier alpha value is -1.12. The molecule has 1 unspecified atom stereocenters. The van der Waals surface area contributed by atoms with Crippen molar-refractivity contribution in [1.82, 2.24) is 0 Å². The van der Waals surface area contributed by atoms with Gasteiger partial charge in [0.05, 0.1) is 14.2 Å². The summed E-state index contributed by atoms with van der Waals surface area (Å²) in [6.07, 6.45) is 0. The molecular formula is C8H10O4P+. The first-order valence-corrected chi connectivity index (χ1v) is 4.78. The fourth-order valence-corrected chi connectivity index (χ4v) is 1.54. The molecule has 1 rings (SSSR count). The van der Waals surface area contributed by atoms with Gasteiger partial charge >= 0.3 is 8.03 Å². The van der Waals surface area contributed by atoms with Gasteiger partial charge in [0.15, 0.2) is 5.75 Å². The van der Waals surface area contributed by atoms with E-state index < -0.39 is 8.03 Å². The van der Waals surface area contributed by atoms with Gasteiger partial charge in [-0.25, -0.2) is 0 Å². The lowest BCUT2D eigenvalue weighted by Crippen LogP contribution is -2.02. The molecule has 0 aliphatic carbocycles. The third-order valence-corrected chi connectivity index (χ3v) is 2.35. The predicted molar refractivity (Wildman–Crippen MR) is 49.0 cm³/mol. The molecule has 0 spiro atoms. The summed E-state index contributed by atoms with van der Waals surface area (Å²) in [5.74, 6) is 0.928. The Bertz CT molecular complexity index is 324. The smallest absolute Gasteiger partial charge is 0.497 e. The van der Waals surface area contributed by atoms with Crippen molar-refractivity contribution in [1.29, 1.82) is 0 Å². The molecule has 1 aromatic carbocycles. The van der Waals surface area contributed by atoms with Crippen molar-refractivity contribution in [3.8, 4) is 11.5 Å². The number of benzene rings is 1. The average Bonchev–Trinajstić information content (AvgIpc) is 2.16. The van der Waals surface area contributed by atoms with Crippen LogP contribution in [0.5, 0.6) is 11.5 Å². The average molecular weight is 201 g/mol. The van der Waals surface area contributed by atoms with Gasteiger partial charge in [0, 0.05) is 6.07 Å². The molecule has 13 heavy (non-hydrogen) atoms. The molecule has 4 nitrogen and oxygen atoms in total. The molecule has 1 N–H and O–H groups in total. The van der Waals surface area contributed by atoms with Gasteiger partial charge in [0.25, 0.3) is 5.30 Å². The van der Waals surface area contributed by atoms with Crippen molar-refractivity contribution in [2.45, 2.75) is 0 Å². The Morgan fingerprint density at radius 2 is 2.00 bits per heavy atom. The van der Waals surface area contributed by atoms with E-state index >= 15 is 0 Å². The molecule has 0 aliphatic heterocycles. The maximum absolute atomic E-state index is 10.9. The second kappa shape index (κ2) is 4.21. The van der Waals surface area contributed by atoms with Gasteiger partial charge in [0.1, 0.15) is 5.75 Å². The molecule has 0 saturated carbocycles. The van der Waals surface area contributed by atoms with E-state index in [4.69, 9.17) is 14.4 Å². The van der Waals surface area contributed by atoms with Crippen molar-refractivity contribution in [2.24, 2.45) is 0 Å². The van der Waals surface area contributed by atoms with E-state index in [1.54, 1.807) is 12.1 Å². The molecule has 0 aromatic heterocycles. The minimum atomic E-state index is -2.40. The zero-order valence-corrected chi connectivity index (χ0v) is 8.25. The summed E-state index contributed by atoms with van der Waals surface area (Å²) in [4.78, 5) is 8.93. The van der Waals surface area contributed by atoms with Gasteiger partial charge in [-0.1, -0.05) is 0 Å². The van der Waals surface area contributed by atoms with Crippen molar-refractivity contribution in [2.75, 3.05) is 14.2 Å². The Morgan fingerprint density at radius 3 is 2.46 bits per heavy atom. The third kappa shape index (κ3) is 2.17. The lowest BCUT2D eigenvalue weighted by atomic mass is 10.3. The quantitative estimate of drug-likeness (QED) is 0.743. The minimum Gasteiger partial charge on any atom is -0.497 e. The van der Waals surface area contributed by atoms with Gasteiger partial charge in [-0.05, 0) is 16.7 Å². The summed E-state index contributed by atoms with van der Waals surface area (Å²) in [5.41, 5.74) is 0. The largest absolute Gasteiger partial charge is 0.550 e. The molecule has 5 heteroatoms. The van der Waals surface area contributed by atoms with Crippen LogP contribution in [0.2, 0.25) is 0 Å². The summed E-state index contributed by atoms with van der Waals surface area (Å²) >= 11 is 0. The van der Waals surface area contributed by atoms with Crippen molar-refractivity contribution in [3.63, 3.8) is 0 Å². The lowest BCUT2D eigenvalue weighted by molar-refractivity contribution is 0.404. The standard InChI is InChI=1S/C8H9O4P/c1-11-6-3-4-7(12-2)8(5-6)13(9)10/h3-5H,1-2H3/p+1. The molecule has 0 radical (unpaired) electrons. The second-order valence-corrected chi connectivity index (χ2v) is 3.34. The Kier molecular flexibility index (Phi) is 3.23. The highest BCUT2D eigenvalue weighted by Gasteiger charge is 2.23. The van der Waals surface area contributed by atoms with Gasteiger partial charge in [-0.3, -0.25) is 0 Å². The molecule has 1 aromatic rings. The molecule has 0 fully saturated rings. The number of methoxy groups -OCH3 is 2. The lowest BCUT2D eigenvalue weighted by Gasteiger charge is -2.01.